The molecule has 0 unspecified atom stereocenters. The standard InChI is InChI=1S/C25H31N7O/c1-4-6-11-23-18(3)31(14-7-5-2)25(33)32(23)17-22-16-20(12-13-26-22)19-9-8-10-21(15-19)24-27-29-30-28-24/h8-10,12-13,15-16H,4-7,11,14,17H2,1-3H3,(H,27,28,29,30). The number of pyridine rings is 1. The molecule has 3 heterocycles. The molecule has 1 aromatic carbocycles. The maximum atomic E-state index is 13.3. The summed E-state index contributed by atoms with van der Waals surface area (Å²) < 4.78 is 3.86. The predicted octanol–water partition coefficient (Wildman–Crippen LogP) is 4.39. The molecule has 0 atom stereocenters. The Morgan fingerprint density at radius 3 is 2.52 bits per heavy atom. The first-order chi connectivity index (χ1) is 16.1. The van der Waals surface area contributed by atoms with Crippen molar-refractivity contribution in [3.05, 3.63) is 70.2 Å². The first kappa shape index (κ1) is 22.6. The number of hydrogen-bond acceptors (Lipinski definition) is 5. The smallest absolute Gasteiger partial charge is 0.296 e. The summed E-state index contributed by atoms with van der Waals surface area (Å²) in [7, 11) is 0. The number of hydrogen-bond donors (Lipinski definition) is 1. The molecule has 0 saturated heterocycles. The quantitative estimate of drug-likeness (QED) is 0.391. The molecule has 0 aliphatic rings. The highest BCUT2D eigenvalue weighted by atomic mass is 16.1. The van der Waals surface area contributed by atoms with Crippen molar-refractivity contribution >= 4 is 0 Å². The minimum Gasteiger partial charge on any atom is -0.296 e. The van der Waals surface area contributed by atoms with Crippen LogP contribution in [0.5, 0.6) is 0 Å². The van der Waals surface area contributed by atoms with Crippen molar-refractivity contribution in [3.63, 3.8) is 0 Å². The number of imidazole rings is 1. The molecule has 0 spiro atoms. The zero-order valence-corrected chi connectivity index (χ0v) is 19.6. The largest absolute Gasteiger partial charge is 0.328 e. The topological polar surface area (TPSA) is 94.3 Å². The van der Waals surface area contributed by atoms with Crippen LogP contribution in [0.4, 0.5) is 0 Å². The highest BCUT2D eigenvalue weighted by Gasteiger charge is 2.17. The molecule has 1 N–H and O–H groups in total. The fourth-order valence-corrected chi connectivity index (χ4v) is 4.19. The molecule has 4 aromatic rings. The van der Waals surface area contributed by atoms with Gasteiger partial charge < -0.3 is 0 Å². The number of aromatic amines is 1. The van der Waals surface area contributed by atoms with E-state index in [4.69, 9.17) is 0 Å². The highest BCUT2D eigenvalue weighted by molar-refractivity contribution is 5.70. The zero-order valence-electron chi connectivity index (χ0n) is 19.6. The van der Waals surface area contributed by atoms with Gasteiger partial charge in [-0.05, 0) is 60.7 Å². The Kier molecular flexibility index (Phi) is 7.12. The van der Waals surface area contributed by atoms with Crippen LogP contribution < -0.4 is 5.69 Å². The van der Waals surface area contributed by atoms with Gasteiger partial charge in [0.15, 0.2) is 0 Å². The molecule has 0 fully saturated rings. The third kappa shape index (κ3) is 4.94. The Labute approximate surface area is 193 Å². The van der Waals surface area contributed by atoms with Crippen molar-refractivity contribution in [2.24, 2.45) is 0 Å². The fraction of sp³-hybridized carbons (Fsp3) is 0.400. The molecule has 8 nitrogen and oxygen atoms in total. The van der Waals surface area contributed by atoms with Gasteiger partial charge in [0.2, 0.25) is 5.82 Å². The highest BCUT2D eigenvalue weighted by Crippen LogP contribution is 2.25. The summed E-state index contributed by atoms with van der Waals surface area (Å²) in [5, 5.41) is 14.3. The molecule has 0 aliphatic carbocycles. The van der Waals surface area contributed by atoms with E-state index in [1.165, 1.54) is 0 Å². The molecule has 0 bridgehead atoms. The van der Waals surface area contributed by atoms with Crippen molar-refractivity contribution in [2.45, 2.75) is 66.0 Å². The second-order valence-electron chi connectivity index (χ2n) is 8.36. The van der Waals surface area contributed by atoms with E-state index in [-0.39, 0.29) is 5.69 Å². The summed E-state index contributed by atoms with van der Waals surface area (Å²) in [4.78, 5) is 17.9. The van der Waals surface area contributed by atoms with Crippen molar-refractivity contribution in [2.75, 3.05) is 0 Å². The third-order valence-electron chi connectivity index (χ3n) is 6.05. The van der Waals surface area contributed by atoms with E-state index in [1.807, 2.05) is 45.7 Å². The molecule has 4 rings (SSSR count). The van der Waals surface area contributed by atoms with Crippen LogP contribution in [0.1, 0.15) is 56.6 Å². The van der Waals surface area contributed by atoms with Crippen LogP contribution >= 0.6 is 0 Å². The third-order valence-corrected chi connectivity index (χ3v) is 6.05. The first-order valence-corrected chi connectivity index (χ1v) is 11.7. The normalized spacial score (nSPS) is 11.2. The van der Waals surface area contributed by atoms with E-state index < -0.39 is 0 Å². The summed E-state index contributed by atoms with van der Waals surface area (Å²) in [5.74, 6) is 0.558. The first-order valence-electron chi connectivity index (χ1n) is 11.7. The lowest BCUT2D eigenvalue weighted by molar-refractivity contribution is 0.582. The average Bonchev–Trinajstić information content (AvgIpc) is 3.45. The lowest BCUT2D eigenvalue weighted by atomic mass is 10.0. The second-order valence-corrected chi connectivity index (χ2v) is 8.36. The lowest BCUT2D eigenvalue weighted by Gasteiger charge is -2.09. The molecule has 0 aliphatic heterocycles. The Morgan fingerprint density at radius 1 is 0.970 bits per heavy atom. The van der Waals surface area contributed by atoms with Gasteiger partial charge in [0, 0.05) is 29.7 Å². The van der Waals surface area contributed by atoms with Crippen molar-refractivity contribution < 1.29 is 0 Å². The van der Waals surface area contributed by atoms with Gasteiger partial charge in [-0.2, -0.15) is 5.21 Å². The molecule has 8 heteroatoms. The van der Waals surface area contributed by atoms with Crippen LogP contribution in [-0.4, -0.2) is 34.7 Å². The molecule has 0 amide bonds. The minimum atomic E-state index is 0.0679. The van der Waals surface area contributed by atoms with Crippen molar-refractivity contribution in [3.8, 4) is 22.5 Å². The lowest BCUT2D eigenvalue weighted by Crippen LogP contribution is -2.26. The number of nitrogens with zero attached hydrogens (tertiary/aromatic N) is 6. The number of unbranched alkanes of at least 4 members (excludes halogenated alkanes) is 2. The Hall–Kier alpha value is -3.55. The Morgan fingerprint density at radius 2 is 1.76 bits per heavy atom. The number of aromatic nitrogens is 7. The van der Waals surface area contributed by atoms with Crippen LogP contribution in [0.2, 0.25) is 0 Å². The van der Waals surface area contributed by atoms with E-state index in [9.17, 15) is 4.79 Å². The molecule has 3 aromatic heterocycles. The van der Waals surface area contributed by atoms with E-state index in [1.54, 1.807) is 0 Å². The number of tetrazole rings is 1. The van der Waals surface area contributed by atoms with Gasteiger partial charge in [0.1, 0.15) is 0 Å². The van der Waals surface area contributed by atoms with Gasteiger partial charge in [-0.1, -0.05) is 44.9 Å². The van der Waals surface area contributed by atoms with Gasteiger partial charge in [0.05, 0.1) is 12.2 Å². The summed E-state index contributed by atoms with van der Waals surface area (Å²) in [5.41, 5.74) is 6.12. The van der Waals surface area contributed by atoms with E-state index in [2.05, 4.69) is 52.4 Å². The minimum absolute atomic E-state index is 0.0679. The molecule has 33 heavy (non-hydrogen) atoms. The SMILES string of the molecule is CCCCc1c(C)n(CCCC)c(=O)n1Cc1cc(-c2cccc(-c3nn[nH]n3)c2)ccn1. The van der Waals surface area contributed by atoms with Gasteiger partial charge in [-0.15, -0.1) is 10.2 Å². The summed E-state index contributed by atoms with van der Waals surface area (Å²) in [6.45, 7) is 7.64. The van der Waals surface area contributed by atoms with Gasteiger partial charge >= 0.3 is 5.69 Å². The van der Waals surface area contributed by atoms with Crippen LogP contribution in [0.15, 0.2) is 47.4 Å². The number of rotatable bonds is 10. The molecule has 0 saturated carbocycles. The maximum absolute atomic E-state index is 13.3. The summed E-state index contributed by atoms with van der Waals surface area (Å²) in [6, 6.07) is 12.1. The maximum Gasteiger partial charge on any atom is 0.328 e. The van der Waals surface area contributed by atoms with Gasteiger partial charge in [-0.25, -0.2) is 4.79 Å². The fourth-order valence-electron chi connectivity index (χ4n) is 4.19. The number of nitrogens with one attached hydrogen (secondary N) is 1. The van der Waals surface area contributed by atoms with E-state index in [0.717, 1.165) is 72.4 Å². The van der Waals surface area contributed by atoms with Crippen LogP contribution in [-0.2, 0) is 19.5 Å². The van der Waals surface area contributed by atoms with E-state index >= 15 is 0 Å². The molecule has 172 valence electrons. The van der Waals surface area contributed by atoms with E-state index in [0.29, 0.717) is 12.4 Å². The van der Waals surface area contributed by atoms with Gasteiger partial charge in [-0.3, -0.25) is 14.1 Å². The van der Waals surface area contributed by atoms with Crippen molar-refractivity contribution in [1.29, 1.82) is 0 Å². The predicted molar refractivity (Wildman–Crippen MR) is 129 cm³/mol. The van der Waals surface area contributed by atoms with Crippen LogP contribution in [0, 0.1) is 6.92 Å². The summed E-state index contributed by atoms with van der Waals surface area (Å²) >= 11 is 0. The van der Waals surface area contributed by atoms with Gasteiger partial charge in [0.25, 0.3) is 0 Å². The number of H-pyrrole nitrogens is 1. The Balaban J connectivity index is 1.66. The zero-order chi connectivity index (χ0) is 23.2. The van der Waals surface area contributed by atoms with Crippen LogP contribution in [0.25, 0.3) is 22.5 Å². The second kappa shape index (κ2) is 10.4. The molecular formula is C25H31N7O. The monoisotopic (exact) mass is 445 g/mol. The Bertz CT molecular complexity index is 1250. The summed E-state index contributed by atoms with van der Waals surface area (Å²) in [6.07, 6.45) is 6.94. The number of benzene rings is 1. The average molecular weight is 446 g/mol. The van der Waals surface area contributed by atoms with Crippen molar-refractivity contribution in [1.82, 2.24) is 34.7 Å². The van der Waals surface area contributed by atoms with Crippen LogP contribution in [0.3, 0.4) is 0 Å². The molecular weight excluding hydrogens is 414 g/mol. The molecule has 0 radical (unpaired) electrons.